The number of methoxy groups -OCH3 is 1. The molecule has 0 saturated carbocycles. The number of fused-ring (bicyclic) bond motifs is 1. The summed E-state index contributed by atoms with van der Waals surface area (Å²) in [5.41, 5.74) is 0.929. The molecule has 1 N–H and O–H groups in total. The number of carbonyl (C=O) groups excluding carboxylic acids is 4. The number of β-lactam (4-membered cyclic amide) rings is 1. The summed E-state index contributed by atoms with van der Waals surface area (Å²) in [7, 11) is -0.175. The summed E-state index contributed by atoms with van der Waals surface area (Å²) in [5, 5.41) is 9.36. The zero-order valence-corrected chi connectivity index (χ0v) is 22.1. The van der Waals surface area contributed by atoms with Crippen LogP contribution in [0.5, 0.6) is 0 Å². The number of hydrogen-bond donors (Lipinski definition) is 1. The Hall–Kier alpha value is -2.85. The topological polar surface area (TPSA) is 127 Å². The highest BCUT2D eigenvalue weighted by atomic mass is 28.3. The standard InChI is InChI=1S/C25H33NO8Si/c1-25(2,3)17(12-34-35(5)6)18-19(26(21(18)28)22(29)23(30)31)15-10-9-13-7-8-14(24(32)33-4)11-16(13)20(15)27/h7-8,11,15,17-19,35H,9-10,12H2,1-6H3,(H,30,31)/t15-,17-,18+,19-/m1/s1. The number of rotatable bonds is 6. The third-order valence-electron chi connectivity index (χ3n) is 7.02. The summed E-state index contributed by atoms with van der Waals surface area (Å²) >= 11 is 0. The van der Waals surface area contributed by atoms with Crippen molar-refractivity contribution in [1.82, 2.24) is 4.90 Å². The zero-order chi connectivity index (χ0) is 26.2. The highest BCUT2D eigenvalue weighted by molar-refractivity contribution is 6.48. The van der Waals surface area contributed by atoms with Crippen LogP contribution >= 0.6 is 0 Å². The maximum atomic E-state index is 13.7. The molecule has 1 aromatic carbocycles. The molecule has 1 aliphatic heterocycles. The lowest BCUT2D eigenvalue weighted by Gasteiger charge is -2.54. The van der Waals surface area contributed by atoms with Crippen molar-refractivity contribution in [3.05, 3.63) is 34.9 Å². The summed E-state index contributed by atoms with van der Waals surface area (Å²) < 4.78 is 10.7. The molecule has 0 unspecified atom stereocenters. The number of amides is 2. The van der Waals surface area contributed by atoms with Crippen LogP contribution in [-0.4, -0.2) is 68.3 Å². The molecule has 3 rings (SSSR count). The average Bonchev–Trinajstić information content (AvgIpc) is 2.78. The van der Waals surface area contributed by atoms with Gasteiger partial charge in [0.05, 0.1) is 24.6 Å². The van der Waals surface area contributed by atoms with E-state index in [1.54, 1.807) is 12.1 Å². The van der Waals surface area contributed by atoms with E-state index in [9.17, 15) is 29.1 Å². The molecule has 10 heteroatoms. The molecule has 1 aromatic rings. The van der Waals surface area contributed by atoms with Crippen LogP contribution in [0.25, 0.3) is 0 Å². The van der Waals surface area contributed by atoms with Crippen molar-refractivity contribution in [3.63, 3.8) is 0 Å². The first-order valence-electron chi connectivity index (χ1n) is 11.8. The van der Waals surface area contributed by atoms with Crippen molar-refractivity contribution < 1.29 is 38.2 Å². The van der Waals surface area contributed by atoms with Crippen LogP contribution in [-0.2, 0) is 30.0 Å². The van der Waals surface area contributed by atoms with Gasteiger partial charge in [-0.25, -0.2) is 9.59 Å². The quantitative estimate of drug-likeness (QED) is 0.271. The number of imide groups is 1. The SMILES string of the molecule is COC(=O)c1ccc2c(c1)C(=O)[C@@H]([C@@H]1[C@H]([C@@H](CO[SiH](C)C)C(C)(C)C)C(=O)N1C(=O)C(=O)O)CC2. The van der Waals surface area contributed by atoms with Crippen LogP contribution in [0.4, 0.5) is 0 Å². The number of aliphatic carboxylic acids is 1. The number of ketones is 1. The summed E-state index contributed by atoms with van der Waals surface area (Å²) in [6.07, 6.45) is 0.854. The molecule has 0 spiro atoms. The molecule has 35 heavy (non-hydrogen) atoms. The number of carbonyl (C=O) groups is 5. The number of aryl methyl sites for hydroxylation is 1. The molecule has 0 radical (unpaired) electrons. The smallest absolute Gasteiger partial charge is 0.395 e. The van der Waals surface area contributed by atoms with Gasteiger partial charge in [-0.15, -0.1) is 0 Å². The third-order valence-corrected chi connectivity index (χ3v) is 7.87. The number of carboxylic acids is 1. The summed E-state index contributed by atoms with van der Waals surface area (Å²) in [5.74, 6) is -6.37. The second kappa shape index (κ2) is 10.0. The molecule has 2 amide bonds. The Bertz CT molecular complexity index is 1060. The number of hydrogen-bond acceptors (Lipinski definition) is 7. The molecule has 0 aromatic heterocycles. The largest absolute Gasteiger partial charge is 0.474 e. The summed E-state index contributed by atoms with van der Waals surface area (Å²) in [6.45, 7) is 10.2. The van der Waals surface area contributed by atoms with E-state index in [2.05, 4.69) is 0 Å². The minimum Gasteiger partial charge on any atom is -0.474 e. The lowest BCUT2D eigenvalue weighted by atomic mass is 9.61. The molecule has 1 heterocycles. The van der Waals surface area contributed by atoms with Gasteiger partial charge in [-0.2, -0.15) is 0 Å². The van der Waals surface area contributed by atoms with Gasteiger partial charge in [-0.3, -0.25) is 19.3 Å². The molecule has 9 nitrogen and oxygen atoms in total. The second-order valence-electron chi connectivity index (χ2n) is 10.6. The number of esters is 1. The molecular formula is C25H33NO8Si. The number of benzene rings is 1. The van der Waals surface area contributed by atoms with E-state index in [1.165, 1.54) is 13.2 Å². The highest BCUT2D eigenvalue weighted by Crippen LogP contribution is 2.47. The Morgan fingerprint density at radius 1 is 1.20 bits per heavy atom. The molecule has 0 bridgehead atoms. The molecule has 2 aliphatic rings. The van der Waals surface area contributed by atoms with Gasteiger partial charge in [-0.1, -0.05) is 26.8 Å². The maximum Gasteiger partial charge on any atom is 0.395 e. The van der Waals surface area contributed by atoms with Crippen LogP contribution in [0.15, 0.2) is 18.2 Å². The number of carboxylic acid groups (broad SMARTS) is 1. The maximum absolute atomic E-state index is 13.7. The molecule has 4 atom stereocenters. The Morgan fingerprint density at radius 3 is 2.40 bits per heavy atom. The predicted molar refractivity (Wildman–Crippen MR) is 128 cm³/mol. The van der Waals surface area contributed by atoms with Crippen molar-refractivity contribution >= 4 is 38.6 Å². The van der Waals surface area contributed by atoms with Gasteiger partial charge in [0.15, 0.2) is 14.8 Å². The fourth-order valence-corrected chi connectivity index (χ4v) is 5.73. The number of likely N-dealkylation sites (tertiary alicyclic amines) is 1. The van der Waals surface area contributed by atoms with Gasteiger partial charge in [-0.05, 0) is 55.0 Å². The van der Waals surface area contributed by atoms with Gasteiger partial charge in [0.2, 0.25) is 5.91 Å². The lowest BCUT2D eigenvalue weighted by Crippen LogP contribution is -2.71. The molecule has 1 saturated heterocycles. The van der Waals surface area contributed by atoms with Crippen LogP contribution in [0.2, 0.25) is 13.1 Å². The van der Waals surface area contributed by atoms with E-state index < -0.39 is 56.1 Å². The van der Waals surface area contributed by atoms with Gasteiger partial charge >= 0.3 is 17.8 Å². The van der Waals surface area contributed by atoms with Crippen molar-refractivity contribution in [2.75, 3.05) is 13.7 Å². The summed E-state index contributed by atoms with van der Waals surface area (Å²) in [6, 6.07) is 3.88. The number of nitrogens with zero attached hydrogens (tertiary/aromatic N) is 1. The molecule has 1 fully saturated rings. The predicted octanol–water partition coefficient (Wildman–Crippen LogP) is 2.32. The van der Waals surface area contributed by atoms with Crippen LogP contribution in [0, 0.1) is 23.2 Å². The van der Waals surface area contributed by atoms with Crippen molar-refractivity contribution in [3.8, 4) is 0 Å². The summed E-state index contributed by atoms with van der Waals surface area (Å²) in [4.78, 5) is 63.7. The third kappa shape index (κ3) is 5.08. The van der Waals surface area contributed by atoms with E-state index in [0.29, 0.717) is 25.0 Å². The van der Waals surface area contributed by atoms with Crippen LogP contribution in [0.1, 0.15) is 53.5 Å². The first kappa shape index (κ1) is 26.7. The molecule has 190 valence electrons. The number of ether oxygens (including phenoxy) is 1. The van der Waals surface area contributed by atoms with E-state index in [-0.39, 0.29) is 17.3 Å². The Balaban J connectivity index is 2.04. The highest BCUT2D eigenvalue weighted by Gasteiger charge is 2.61. The Labute approximate surface area is 206 Å². The Kier molecular flexibility index (Phi) is 7.66. The van der Waals surface area contributed by atoms with Crippen molar-refractivity contribution in [2.45, 2.75) is 52.7 Å². The Morgan fingerprint density at radius 2 is 1.86 bits per heavy atom. The minimum atomic E-state index is -1.74. The van der Waals surface area contributed by atoms with E-state index in [1.807, 2.05) is 33.9 Å². The minimum absolute atomic E-state index is 0.225. The monoisotopic (exact) mass is 503 g/mol. The molecule has 1 aliphatic carbocycles. The van der Waals surface area contributed by atoms with Crippen molar-refractivity contribution in [2.24, 2.45) is 23.2 Å². The van der Waals surface area contributed by atoms with Crippen LogP contribution in [0.3, 0.4) is 0 Å². The fraction of sp³-hybridized carbons (Fsp3) is 0.560. The normalized spacial score (nSPS) is 22.9. The second-order valence-corrected chi connectivity index (χ2v) is 13.0. The first-order valence-corrected chi connectivity index (χ1v) is 14.5. The van der Waals surface area contributed by atoms with E-state index in [0.717, 1.165) is 10.5 Å². The van der Waals surface area contributed by atoms with Gasteiger partial charge in [0.25, 0.3) is 0 Å². The first-order chi connectivity index (χ1) is 16.3. The van der Waals surface area contributed by atoms with E-state index >= 15 is 0 Å². The van der Waals surface area contributed by atoms with Gasteiger partial charge < -0.3 is 14.3 Å². The van der Waals surface area contributed by atoms with E-state index in [4.69, 9.17) is 9.16 Å². The zero-order valence-electron chi connectivity index (χ0n) is 21.0. The van der Waals surface area contributed by atoms with Gasteiger partial charge in [0, 0.05) is 18.1 Å². The van der Waals surface area contributed by atoms with Crippen molar-refractivity contribution in [1.29, 1.82) is 0 Å². The lowest BCUT2D eigenvalue weighted by molar-refractivity contribution is -0.182. The average molecular weight is 504 g/mol. The van der Waals surface area contributed by atoms with Gasteiger partial charge in [0.1, 0.15) is 0 Å². The van der Waals surface area contributed by atoms with Crippen LogP contribution < -0.4 is 0 Å². The fourth-order valence-electron chi connectivity index (χ4n) is 5.14. The number of Topliss-reactive ketones (excluding diaryl/α,β-unsaturated/α-hetero) is 1. The molecular weight excluding hydrogens is 470 g/mol.